The van der Waals surface area contributed by atoms with Crippen LogP contribution in [0.15, 0.2) is 83.9 Å². The van der Waals surface area contributed by atoms with Gasteiger partial charge in [-0.2, -0.15) is 5.26 Å². The van der Waals surface area contributed by atoms with Crippen LogP contribution in [0.3, 0.4) is 0 Å². The van der Waals surface area contributed by atoms with Crippen molar-refractivity contribution in [2.75, 3.05) is 5.32 Å². The standard InChI is InChI=1S/C33H33N3OS/c1-21-11-10-12-22(2)30(21)36-31(37)23(3)38-32-28(20-34)27(19-29(35-32)25-13-8-7-9-14-25)24-15-17-26(18-16-24)33(4,5)6/h7-19,23H,1-6H3,(H,36,37)/t23-/m0/s1. The molecule has 3 aromatic carbocycles. The lowest BCUT2D eigenvalue weighted by atomic mass is 9.86. The Hall–Kier alpha value is -3.88. The maximum Gasteiger partial charge on any atom is 0.237 e. The Labute approximate surface area is 230 Å². The zero-order valence-electron chi connectivity index (χ0n) is 22.8. The molecule has 4 aromatic rings. The van der Waals surface area contributed by atoms with Crippen molar-refractivity contribution in [3.05, 3.63) is 101 Å². The molecule has 0 saturated heterocycles. The quantitative estimate of drug-likeness (QED) is 0.260. The van der Waals surface area contributed by atoms with Gasteiger partial charge < -0.3 is 5.32 Å². The van der Waals surface area contributed by atoms with E-state index in [-0.39, 0.29) is 11.3 Å². The molecule has 0 fully saturated rings. The van der Waals surface area contributed by atoms with Crippen molar-refractivity contribution >= 4 is 23.4 Å². The highest BCUT2D eigenvalue weighted by atomic mass is 32.2. The third-order valence-corrected chi connectivity index (χ3v) is 7.70. The summed E-state index contributed by atoms with van der Waals surface area (Å²) in [6, 6.07) is 28.6. The van der Waals surface area contributed by atoms with Gasteiger partial charge in [0, 0.05) is 16.8 Å². The number of nitrogens with zero attached hydrogens (tertiary/aromatic N) is 2. The first kappa shape index (κ1) is 27.2. The molecule has 0 aliphatic heterocycles. The lowest BCUT2D eigenvalue weighted by molar-refractivity contribution is -0.115. The molecule has 4 nitrogen and oxygen atoms in total. The zero-order chi connectivity index (χ0) is 27.4. The molecule has 192 valence electrons. The second-order valence-corrected chi connectivity index (χ2v) is 11.9. The molecule has 0 bridgehead atoms. The normalized spacial score (nSPS) is 12.0. The fourth-order valence-electron chi connectivity index (χ4n) is 4.31. The molecule has 1 heterocycles. The maximum atomic E-state index is 13.2. The first-order chi connectivity index (χ1) is 18.1. The zero-order valence-corrected chi connectivity index (χ0v) is 23.6. The van der Waals surface area contributed by atoms with E-state index in [0.717, 1.165) is 39.2 Å². The number of hydrogen-bond acceptors (Lipinski definition) is 4. The number of pyridine rings is 1. The van der Waals surface area contributed by atoms with E-state index in [1.165, 1.54) is 17.3 Å². The fraction of sp³-hybridized carbons (Fsp3) is 0.242. The average Bonchev–Trinajstić information content (AvgIpc) is 2.90. The van der Waals surface area contributed by atoms with Crippen LogP contribution in [0.2, 0.25) is 0 Å². The third-order valence-electron chi connectivity index (χ3n) is 6.62. The van der Waals surface area contributed by atoms with E-state index < -0.39 is 5.25 Å². The summed E-state index contributed by atoms with van der Waals surface area (Å²) in [5.41, 5.74) is 8.07. The summed E-state index contributed by atoms with van der Waals surface area (Å²) >= 11 is 1.31. The minimum Gasteiger partial charge on any atom is -0.325 e. The van der Waals surface area contributed by atoms with Crippen LogP contribution in [-0.4, -0.2) is 16.1 Å². The van der Waals surface area contributed by atoms with E-state index >= 15 is 0 Å². The van der Waals surface area contributed by atoms with Gasteiger partial charge in [-0.1, -0.05) is 105 Å². The monoisotopic (exact) mass is 519 g/mol. The Balaban J connectivity index is 1.75. The van der Waals surface area contributed by atoms with E-state index in [2.05, 4.69) is 56.4 Å². The second-order valence-electron chi connectivity index (χ2n) is 10.6. The molecule has 38 heavy (non-hydrogen) atoms. The summed E-state index contributed by atoms with van der Waals surface area (Å²) < 4.78 is 0. The molecule has 1 aromatic heterocycles. The Morgan fingerprint density at radius 3 is 2.13 bits per heavy atom. The van der Waals surface area contributed by atoms with Gasteiger partial charge in [-0.25, -0.2) is 4.98 Å². The van der Waals surface area contributed by atoms with Gasteiger partial charge in [0.2, 0.25) is 5.91 Å². The Bertz CT molecular complexity index is 1480. The summed E-state index contributed by atoms with van der Waals surface area (Å²) in [4.78, 5) is 18.1. The number of carbonyl (C=O) groups excluding carboxylic acids is 1. The predicted octanol–water partition coefficient (Wildman–Crippen LogP) is 8.32. The Kier molecular flexibility index (Phi) is 8.04. The SMILES string of the molecule is Cc1cccc(C)c1NC(=O)[C@H](C)Sc1nc(-c2ccccc2)cc(-c2ccc(C(C)(C)C)cc2)c1C#N. The number of hydrogen-bond donors (Lipinski definition) is 1. The number of aromatic nitrogens is 1. The van der Waals surface area contributed by atoms with Gasteiger partial charge in [0.25, 0.3) is 0 Å². The summed E-state index contributed by atoms with van der Waals surface area (Å²) in [5.74, 6) is -0.126. The smallest absolute Gasteiger partial charge is 0.237 e. The number of nitrogens with one attached hydrogen (secondary N) is 1. The first-order valence-corrected chi connectivity index (χ1v) is 13.6. The topological polar surface area (TPSA) is 65.8 Å². The van der Waals surface area contributed by atoms with Crippen molar-refractivity contribution in [3.63, 3.8) is 0 Å². The van der Waals surface area contributed by atoms with E-state index in [4.69, 9.17) is 4.98 Å². The van der Waals surface area contributed by atoms with Crippen molar-refractivity contribution < 1.29 is 4.79 Å². The largest absolute Gasteiger partial charge is 0.325 e. The van der Waals surface area contributed by atoms with Gasteiger partial charge >= 0.3 is 0 Å². The number of amides is 1. The highest BCUT2D eigenvalue weighted by molar-refractivity contribution is 8.00. The minimum atomic E-state index is -0.462. The van der Waals surface area contributed by atoms with Crippen LogP contribution in [0.4, 0.5) is 5.69 Å². The van der Waals surface area contributed by atoms with Gasteiger partial charge in [-0.05, 0) is 54.5 Å². The molecule has 0 saturated carbocycles. The number of anilines is 1. The van der Waals surface area contributed by atoms with Crippen LogP contribution in [0.5, 0.6) is 0 Å². The van der Waals surface area contributed by atoms with Crippen molar-refractivity contribution in [2.24, 2.45) is 0 Å². The number of nitriles is 1. The minimum absolute atomic E-state index is 0.0311. The summed E-state index contributed by atoms with van der Waals surface area (Å²) in [7, 11) is 0. The van der Waals surface area contributed by atoms with E-state index in [1.54, 1.807) is 0 Å². The van der Waals surface area contributed by atoms with E-state index in [9.17, 15) is 10.1 Å². The molecule has 0 spiro atoms. The van der Waals surface area contributed by atoms with Crippen molar-refractivity contribution in [3.8, 4) is 28.5 Å². The van der Waals surface area contributed by atoms with E-state index in [1.807, 2.05) is 75.4 Å². The molecular weight excluding hydrogens is 486 g/mol. The van der Waals surface area contributed by atoms with Crippen LogP contribution in [0, 0.1) is 25.2 Å². The van der Waals surface area contributed by atoms with E-state index in [0.29, 0.717) is 10.6 Å². The second kappa shape index (κ2) is 11.2. The first-order valence-electron chi connectivity index (χ1n) is 12.7. The number of para-hydroxylation sites is 1. The molecule has 5 heteroatoms. The van der Waals surface area contributed by atoms with Gasteiger partial charge in [0.15, 0.2) is 0 Å². The lowest BCUT2D eigenvalue weighted by Crippen LogP contribution is -2.23. The number of aryl methyl sites for hydroxylation is 2. The molecule has 1 N–H and O–H groups in total. The van der Waals surface area contributed by atoms with Crippen LogP contribution >= 0.6 is 11.8 Å². The highest BCUT2D eigenvalue weighted by Crippen LogP contribution is 2.37. The summed E-state index contributed by atoms with van der Waals surface area (Å²) in [6.45, 7) is 12.4. The summed E-state index contributed by atoms with van der Waals surface area (Å²) in [5, 5.41) is 13.4. The Morgan fingerprint density at radius 2 is 1.55 bits per heavy atom. The predicted molar refractivity (Wildman–Crippen MR) is 158 cm³/mol. The molecular formula is C33H33N3OS. The van der Waals surface area contributed by atoms with Gasteiger partial charge in [0.1, 0.15) is 11.1 Å². The molecule has 0 aliphatic carbocycles. The molecule has 1 amide bonds. The van der Waals surface area contributed by atoms with Crippen molar-refractivity contribution in [1.82, 2.24) is 4.98 Å². The van der Waals surface area contributed by atoms with Crippen molar-refractivity contribution in [1.29, 1.82) is 5.26 Å². The number of carbonyl (C=O) groups is 1. The average molecular weight is 520 g/mol. The fourth-order valence-corrected chi connectivity index (χ4v) is 5.23. The number of thioether (sulfide) groups is 1. The van der Waals surface area contributed by atoms with Gasteiger partial charge in [-0.15, -0.1) is 0 Å². The molecule has 0 radical (unpaired) electrons. The number of rotatable bonds is 6. The van der Waals surface area contributed by atoms with Gasteiger partial charge in [0.05, 0.1) is 16.5 Å². The van der Waals surface area contributed by atoms with Crippen LogP contribution < -0.4 is 5.32 Å². The highest BCUT2D eigenvalue weighted by Gasteiger charge is 2.23. The number of benzene rings is 3. The van der Waals surface area contributed by atoms with Crippen LogP contribution in [0.1, 0.15) is 49.9 Å². The third kappa shape index (κ3) is 5.98. The molecule has 1 atom stereocenters. The summed E-state index contributed by atoms with van der Waals surface area (Å²) in [6.07, 6.45) is 0. The molecule has 0 aliphatic rings. The van der Waals surface area contributed by atoms with Crippen molar-refractivity contribution in [2.45, 2.75) is 57.2 Å². The lowest BCUT2D eigenvalue weighted by Gasteiger charge is -2.20. The maximum absolute atomic E-state index is 13.2. The van der Waals surface area contributed by atoms with Crippen LogP contribution in [0.25, 0.3) is 22.4 Å². The Morgan fingerprint density at radius 1 is 0.921 bits per heavy atom. The molecule has 4 rings (SSSR count). The van der Waals surface area contributed by atoms with Gasteiger partial charge in [-0.3, -0.25) is 4.79 Å². The molecule has 0 unspecified atom stereocenters. The van der Waals surface area contributed by atoms with Crippen LogP contribution in [-0.2, 0) is 10.2 Å².